The molecule has 0 aliphatic carbocycles. The van der Waals surface area contributed by atoms with Crippen molar-refractivity contribution >= 4 is 29.0 Å². The van der Waals surface area contributed by atoms with Crippen molar-refractivity contribution < 1.29 is 26.5 Å². The molecule has 0 amide bonds. The summed E-state index contributed by atoms with van der Waals surface area (Å²) in [5, 5.41) is 4.28. The molecule has 1 aliphatic rings. The lowest BCUT2D eigenvalue weighted by Gasteiger charge is -2.22. The Balaban J connectivity index is 0.000000320. The SMILES string of the molecule is C[P+](c1ccccc1)(c1ccccc1)c1ccccc1.O=C1C=COC1.[Br-]. The van der Waals surface area contributed by atoms with Crippen LogP contribution in [0.1, 0.15) is 0 Å². The van der Waals surface area contributed by atoms with E-state index in [0.717, 1.165) is 0 Å². The minimum absolute atomic E-state index is 0. The zero-order chi connectivity index (χ0) is 18.2. The third kappa shape index (κ3) is 5.15. The molecule has 2 nitrogen and oxygen atoms in total. The van der Waals surface area contributed by atoms with Gasteiger partial charge in [-0.05, 0) is 36.4 Å². The largest absolute Gasteiger partial charge is 1.00 e. The molecular weight excluding hydrogens is 419 g/mol. The van der Waals surface area contributed by atoms with Crippen LogP contribution in [-0.2, 0) is 9.53 Å². The first-order chi connectivity index (χ1) is 12.7. The van der Waals surface area contributed by atoms with E-state index >= 15 is 0 Å². The summed E-state index contributed by atoms with van der Waals surface area (Å²) < 4.78 is 4.53. The van der Waals surface area contributed by atoms with Crippen LogP contribution in [0.3, 0.4) is 0 Å². The van der Waals surface area contributed by atoms with E-state index in [9.17, 15) is 4.79 Å². The van der Waals surface area contributed by atoms with Crippen LogP contribution in [0.4, 0.5) is 0 Å². The Morgan fingerprint density at radius 3 is 1.30 bits per heavy atom. The van der Waals surface area contributed by atoms with Gasteiger partial charge < -0.3 is 21.7 Å². The van der Waals surface area contributed by atoms with Crippen LogP contribution < -0.4 is 32.9 Å². The van der Waals surface area contributed by atoms with Crippen molar-refractivity contribution in [2.75, 3.05) is 13.3 Å². The zero-order valence-corrected chi connectivity index (χ0v) is 17.6. The average molecular weight is 441 g/mol. The first-order valence-electron chi connectivity index (χ1n) is 8.55. The van der Waals surface area contributed by atoms with Gasteiger partial charge in [0, 0.05) is 6.08 Å². The minimum atomic E-state index is -1.53. The van der Waals surface area contributed by atoms with Crippen molar-refractivity contribution in [1.29, 1.82) is 0 Å². The van der Waals surface area contributed by atoms with Gasteiger partial charge in [-0.15, -0.1) is 0 Å². The van der Waals surface area contributed by atoms with Crippen LogP contribution in [-0.4, -0.2) is 19.1 Å². The number of hydrogen-bond donors (Lipinski definition) is 0. The molecule has 0 radical (unpaired) electrons. The van der Waals surface area contributed by atoms with Crippen molar-refractivity contribution in [3.8, 4) is 0 Å². The fourth-order valence-corrected chi connectivity index (χ4v) is 6.13. The first kappa shape index (κ1) is 21.1. The van der Waals surface area contributed by atoms with Crippen LogP contribution in [0.15, 0.2) is 103 Å². The summed E-state index contributed by atoms with van der Waals surface area (Å²) in [7, 11) is -1.53. The van der Waals surface area contributed by atoms with E-state index in [-0.39, 0.29) is 29.4 Å². The summed E-state index contributed by atoms with van der Waals surface area (Å²) in [5.74, 6) is 0.0509. The molecule has 0 spiro atoms. The summed E-state index contributed by atoms with van der Waals surface area (Å²) in [6, 6.07) is 32.6. The molecule has 4 heteroatoms. The third-order valence-corrected chi connectivity index (χ3v) is 8.39. The topological polar surface area (TPSA) is 26.3 Å². The number of halogens is 1. The molecule has 27 heavy (non-hydrogen) atoms. The number of ether oxygens (including phenoxy) is 1. The monoisotopic (exact) mass is 440 g/mol. The standard InChI is InChI=1S/C19H18P.C4H4O2.BrH/c1-20(17-11-5-2-6-12-17,18-13-7-3-8-14-18)19-15-9-4-10-16-19;5-4-1-2-6-3-4;/h2-16H,1H3;1-2H,3H2;1H/q+1;;/p-1. The maximum atomic E-state index is 10.0. The molecule has 0 bridgehead atoms. The van der Waals surface area contributed by atoms with E-state index in [0.29, 0.717) is 0 Å². The number of benzene rings is 3. The smallest absolute Gasteiger partial charge is 0.196 e. The van der Waals surface area contributed by atoms with E-state index in [1.54, 1.807) is 0 Å². The Labute approximate surface area is 172 Å². The lowest BCUT2D eigenvalue weighted by Crippen LogP contribution is -3.00. The van der Waals surface area contributed by atoms with Crippen LogP contribution in [0, 0.1) is 0 Å². The molecule has 0 aromatic heterocycles. The van der Waals surface area contributed by atoms with Crippen molar-refractivity contribution in [1.82, 2.24) is 0 Å². The molecule has 0 atom stereocenters. The number of carbonyl (C=O) groups is 1. The van der Waals surface area contributed by atoms with E-state index in [4.69, 9.17) is 0 Å². The molecule has 138 valence electrons. The molecular formula is C23H22BrO2P. The normalized spacial score (nSPS) is 12.4. The summed E-state index contributed by atoms with van der Waals surface area (Å²) >= 11 is 0. The van der Waals surface area contributed by atoms with Crippen LogP contribution in [0.2, 0.25) is 0 Å². The Bertz CT molecular complexity index is 768. The number of rotatable bonds is 3. The van der Waals surface area contributed by atoms with Crippen molar-refractivity contribution in [2.24, 2.45) is 0 Å². The molecule has 0 unspecified atom stereocenters. The molecule has 1 heterocycles. The highest BCUT2D eigenvalue weighted by Crippen LogP contribution is 2.51. The zero-order valence-electron chi connectivity index (χ0n) is 15.2. The van der Waals surface area contributed by atoms with Crippen LogP contribution in [0.5, 0.6) is 0 Å². The Morgan fingerprint density at radius 1 is 0.704 bits per heavy atom. The quantitative estimate of drug-likeness (QED) is 0.560. The first-order valence-corrected chi connectivity index (χ1v) is 10.8. The van der Waals surface area contributed by atoms with Gasteiger partial charge in [-0.2, -0.15) is 0 Å². The van der Waals surface area contributed by atoms with Gasteiger partial charge in [0.15, 0.2) is 5.78 Å². The summed E-state index contributed by atoms with van der Waals surface area (Å²) in [6.07, 6.45) is 2.82. The van der Waals surface area contributed by atoms with Gasteiger partial charge in [0.1, 0.15) is 29.8 Å². The maximum absolute atomic E-state index is 10.0. The molecule has 1 aliphatic heterocycles. The highest BCUT2D eigenvalue weighted by atomic mass is 79.9. The van der Waals surface area contributed by atoms with E-state index in [1.165, 1.54) is 28.3 Å². The molecule has 0 saturated heterocycles. The Morgan fingerprint density at radius 2 is 1.07 bits per heavy atom. The third-order valence-electron chi connectivity index (χ3n) is 4.39. The van der Waals surface area contributed by atoms with Crippen molar-refractivity contribution in [3.63, 3.8) is 0 Å². The van der Waals surface area contributed by atoms with Crippen molar-refractivity contribution in [2.45, 2.75) is 0 Å². The number of ketones is 1. The molecule has 0 fully saturated rings. The maximum Gasteiger partial charge on any atom is 0.196 e. The van der Waals surface area contributed by atoms with Crippen LogP contribution >= 0.6 is 7.26 Å². The number of carbonyl (C=O) groups excluding carboxylic acids is 1. The average Bonchev–Trinajstić information content (AvgIpc) is 3.21. The van der Waals surface area contributed by atoms with Gasteiger partial charge in [0.25, 0.3) is 0 Å². The highest BCUT2D eigenvalue weighted by Gasteiger charge is 2.39. The molecule has 3 aromatic rings. The summed E-state index contributed by atoms with van der Waals surface area (Å²) in [6.45, 7) is 2.65. The van der Waals surface area contributed by atoms with Gasteiger partial charge in [-0.1, -0.05) is 54.6 Å². The second-order valence-electron chi connectivity index (χ2n) is 6.09. The Kier molecular flexibility index (Phi) is 7.97. The fourth-order valence-electron chi connectivity index (χ4n) is 2.93. The fraction of sp³-hybridized carbons (Fsp3) is 0.0870. The van der Waals surface area contributed by atoms with Crippen LogP contribution in [0.25, 0.3) is 0 Å². The van der Waals surface area contributed by atoms with Gasteiger partial charge >= 0.3 is 0 Å². The van der Waals surface area contributed by atoms with Gasteiger partial charge in [0.05, 0.1) is 12.9 Å². The molecule has 0 saturated carbocycles. The molecule has 0 N–H and O–H groups in total. The van der Waals surface area contributed by atoms with Gasteiger partial charge in [0.2, 0.25) is 0 Å². The van der Waals surface area contributed by atoms with E-state index in [2.05, 4.69) is 102 Å². The van der Waals surface area contributed by atoms with E-state index < -0.39 is 7.26 Å². The predicted octanol–water partition coefficient (Wildman–Crippen LogP) is 0.714. The molecule has 4 rings (SSSR count). The second kappa shape index (κ2) is 10.2. The van der Waals surface area contributed by atoms with Gasteiger partial charge in [-0.3, -0.25) is 4.79 Å². The summed E-state index contributed by atoms with van der Waals surface area (Å²) in [5.41, 5.74) is 0. The second-order valence-corrected chi connectivity index (χ2v) is 9.65. The lowest BCUT2D eigenvalue weighted by atomic mass is 10.4. The van der Waals surface area contributed by atoms with Gasteiger partial charge in [-0.25, -0.2) is 0 Å². The number of hydrogen-bond acceptors (Lipinski definition) is 2. The highest BCUT2D eigenvalue weighted by molar-refractivity contribution is 7.95. The summed E-state index contributed by atoms with van der Waals surface area (Å²) in [4.78, 5) is 10.0. The van der Waals surface area contributed by atoms with E-state index in [1.807, 2.05) is 0 Å². The minimum Gasteiger partial charge on any atom is -1.00 e. The molecule has 3 aromatic carbocycles. The van der Waals surface area contributed by atoms with Crippen molar-refractivity contribution in [3.05, 3.63) is 103 Å². The predicted molar refractivity (Wildman–Crippen MR) is 111 cm³/mol. The lowest BCUT2D eigenvalue weighted by molar-refractivity contribution is -0.115. The Hall–Kier alpha value is -2.22.